The second-order valence-electron chi connectivity index (χ2n) is 14.5. The number of ether oxygens (including phenoxy) is 1. The summed E-state index contributed by atoms with van der Waals surface area (Å²) in [7, 11) is -4.75. The number of phosphoric ester groups is 1. The molecular weight excluding hydrogens is 733 g/mol. The number of esters is 1. The molecule has 0 heterocycles. The van der Waals surface area contributed by atoms with Crippen molar-refractivity contribution >= 4 is 25.7 Å². The number of allylic oxidation sites excluding steroid dienone is 8. The Morgan fingerprint density at radius 1 is 0.571 bits per heavy atom. The maximum Gasteiger partial charge on any atom is 0.472 e. The Kier molecular flexibility index (Phi) is 37.5. The second kappa shape index (κ2) is 39.3. The van der Waals surface area contributed by atoms with Crippen molar-refractivity contribution in [3.63, 3.8) is 0 Å². The summed E-state index contributed by atoms with van der Waals surface area (Å²) in [5.74, 6) is -2.39. The Balaban J connectivity index is 3.86. The third kappa shape index (κ3) is 38.3. The minimum Gasteiger partial charge on any atom is -0.480 e. The topological polar surface area (TPSA) is 169 Å². The molecule has 0 aromatic rings. The summed E-state index contributed by atoms with van der Waals surface area (Å²) in [6.45, 7) is 2.51. The molecule has 1 amide bonds. The number of aliphatic hydroxyl groups excluding tert-OH is 1. The summed E-state index contributed by atoms with van der Waals surface area (Å²) in [5.41, 5.74) is 0. The zero-order chi connectivity index (χ0) is 41.4. The third-order valence-corrected chi connectivity index (χ3v) is 10.1. The van der Waals surface area contributed by atoms with Crippen LogP contribution in [0.1, 0.15) is 181 Å². The molecule has 0 fully saturated rings. The van der Waals surface area contributed by atoms with Crippen LogP contribution in [0.5, 0.6) is 0 Å². The molecule has 4 N–H and O–H groups in total. The Morgan fingerprint density at radius 3 is 1.50 bits per heavy atom. The van der Waals surface area contributed by atoms with Gasteiger partial charge in [-0.3, -0.25) is 18.6 Å². The van der Waals surface area contributed by atoms with Crippen molar-refractivity contribution in [1.82, 2.24) is 5.32 Å². The Hall–Kier alpha value is -2.56. The molecule has 0 spiro atoms. The third-order valence-electron chi connectivity index (χ3n) is 9.12. The van der Waals surface area contributed by atoms with Crippen molar-refractivity contribution in [3.8, 4) is 0 Å². The number of amides is 1. The highest BCUT2D eigenvalue weighted by atomic mass is 31.2. The summed E-state index contributed by atoms with van der Waals surface area (Å²) in [5, 5.41) is 21.7. The molecule has 0 saturated carbocycles. The lowest BCUT2D eigenvalue weighted by Gasteiger charge is -2.18. The van der Waals surface area contributed by atoms with Gasteiger partial charge < -0.3 is 25.2 Å². The van der Waals surface area contributed by atoms with E-state index in [1.54, 1.807) is 0 Å². The molecule has 0 aromatic carbocycles. The normalized spacial score (nSPS) is 14.2. The average Bonchev–Trinajstić information content (AvgIpc) is 3.17. The van der Waals surface area contributed by atoms with Crippen LogP contribution in [0.3, 0.4) is 0 Å². The van der Waals surface area contributed by atoms with E-state index in [0.29, 0.717) is 12.8 Å². The van der Waals surface area contributed by atoms with Gasteiger partial charge in [0.25, 0.3) is 0 Å². The largest absolute Gasteiger partial charge is 0.480 e. The van der Waals surface area contributed by atoms with Crippen LogP contribution in [0.15, 0.2) is 48.6 Å². The van der Waals surface area contributed by atoms with Crippen molar-refractivity contribution in [2.75, 3.05) is 19.8 Å². The van der Waals surface area contributed by atoms with Gasteiger partial charge in [-0.05, 0) is 57.8 Å². The van der Waals surface area contributed by atoms with E-state index in [1.807, 2.05) is 0 Å². The van der Waals surface area contributed by atoms with Crippen molar-refractivity contribution in [1.29, 1.82) is 0 Å². The number of carbonyl (C=O) groups excluding carboxylic acids is 2. The van der Waals surface area contributed by atoms with E-state index in [9.17, 15) is 34.1 Å². The number of hydrogen-bond acceptors (Lipinski definition) is 8. The fraction of sp³-hybridized carbons (Fsp3) is 0.750. The number of carbonyl (C=O) groups is 3. The molecule has 0 radical (unpaired) electrons. The standard InChI is InChI=1S/C44H78NO10P/c1-3-5-7-9-11-13-14-15-16-17-18-19-20-21-22-23-24-25-26-28-30-32-34-36-43(48)53-37-40(46)38-54-56(51,52)55-39-41(44(49)50)45-42(47)35-33-31-29-27-12-10-8-6-4-2/h11,13,15-16,18-19,21-22,40-41,46H,3-10,12,14,17,20,23-39H2,1-2H3,(H,45,47)(H,49,50)(H,51,52)/b13-11-,16-15-,19-18-,22-21-. The first kappa shape index (κ1) is 53.4. The van der Waals surface area contributed by atoms with Gasteiger partial charge in [0.05, 0.1) is 13.2 Å². The smallest absolute Gasteiger partial charge is 0.472 e. The Bertz CT molecular complexity index is 1140. The molecule has 0 aliphatic heterocycles. The zero-order valence-corrected chi connectivity index (χ0v) is 35.8. The van der Waals surface area contributed by atoms with Crippen LogP contribution in [0, 0.1) is 0 Å². The molecule has 0 saturated heterocycles. The number of unbranched alkanes of at least 4 members (excludes halogenated alkanes) is 18. The molecule has 56 heavy (non-hydrogen) atoms. The fourth-order valence-corrected chi connectivity index (χ4v) is 6.48. The zero-order valence-electron chi connectivity index (χ0n) is 34.9. The van der Waals surface area contributed by atoms with E-state index < -0.39 is 57.6 Å². The molecule has 324 valence electrons. The molecule has 0 rings (SSSR count). The summed E-state index contributed by atoms with van der Waals surface area (Å²) < 4.78 is 26.8. The second-order valence-corrected chi connectivity index (χ2v) is 16.0. The molecule has 0 aromatic heterocycles. The summed E-state index contributed by atoms with van der Waals surface area (Å²) in [6.07, 6.45) is 42.9. The van der Waals surface area contributed by atoms with Crippen molar-refractivity contribution in [2.24, 2.45) is 0 Å². The van der Waals surface area contributed by atoms with Gasteiger partial charge in [-0.15, -0.1) is 0 Å². The quantitative estimate of drug-likeness (QED) is 0.0202. The van der Waals surface area contributed by atoms with Gasteiger partial charge in [0.1, 0.15) is 12.7 Å². The molecular formula is C44H78NO10P. The summed E-state index contributed by atoms with van der Waals surface area (Å²) >= 11 is 0. The van der Waals surface area contributed by atoms with E-state index in [1.165, 1.54) is 70.6 Å². The highest BCUT2D eigenvalue weighted by molar-refractivity contribution is 7.47. The van der Waals surface area contributed by atoms with Crippen LogP contribution in [-0.2, 0) is 32.7 Å². The van der Waals surface area contributed by atoms with Gasteiger partial charge in [0.2, 0.25) is 5.91 Å². The highest BCUT2D eigenvalue weighted by Crippen LogP contribution is 2.43. The lowest BCUT2D eigenvalue weighted by molar-refractivity contribution is -0.147. The number of hydrogen-bond donors (Lipinski definition) is 4. The van der Waals surface area contributed by atoms with E-state index in [4.69, 9.17) is 13.8 Å². The number of aliphatic hydroxyl groups is 1. The monoisotopic (exact) mass is 812 g/mol. The number of carboxylic acids is 1. The predicted molar refractivity (Wildman–Crippen MR) is 226 cm³/mol. The van der Waals surface area contributed by atoms with Crippen LogP contribution in [0.25, 0.3) is 0 Å². The Morgan fingerprint density at radius 2 is 0.982 bits per heavy atom. The molecule has 0 aliphatic rings. The SMILES string of the molecule is CCCCC/C=C\C/C=C\C/C=C\C/C=C\CCCCCCCCCC(=O)OCC(O)COP(=O)(O)OCC(NC(=O)CCCCCCCCCCC)C(=O)O. The van der Waals surface area contributed by atoms with Crippen molar-refractivity contribution in [2.45, 2.75) is 193 Å². The van der Waals surface area contributed by atoms with Crippen molar-refractivity contribution in [3.05, 3.63) is 48.6 Å². The number of carboxylic acid groups (broad SMARTS) is 1. The maximum absolute atomic E-state index is 12.2. The summed E-state index contributed by atoms with van der Waals surface area (Å²) in [6, 6.07) is -1.54. The average molecular weight is 812 g/mol. The first-order valence-corrected chi connectivity index (χ1v) is 23.2. The van der Waals surface area contributed by atoms with Crippen LogP contribution < -0.4 is 5.32 Å². The van der Waals surface area contributed by atoms with Gasteiger partial charge in [0.15, 0.2) is 6.04 Å². The minimum atomic E-state index is -4.75. The first-order chi connectivity index (χ1) is 27.1. The van der Waals surface area contributed by atoms with Crippen molar-refractivity contribution < 1.29 is 47.8 Å². The Labute approximate surface area is 339 Å². The molecule has 0 bridgehead atoms. The van der Waals surface area contributed by atoms with Gasteiger partial charge >= 0.3 is 19.8 Å². The van der Waals surface area contributed by atoms with Gasteiger partial charge in [-0.1, -0.05) is 159 Å². The lowest BCUT2D eigenvalue weighted by atomic mass is 10.1. The van der Waals surface area contributed by atoms with Crippen LogP contribution in [-0.4, -0.2) is 64.9 Å². The first-order valence-electron chi connectivity index (χ1n) is 21.7. The van der Waals surface area contributed by atoms with Crippen LogP contribution in [0.2, 0.25) is 0 Å². The number of nitrogens with one attached hydrogen (secondary N) is 1. The summed E-state index contributed by atoms with van der Waals surface area (Å²) in [4.78, 5) is 45.7. The molecule has 11 nitrogen and oxygen atoms in total. The maximum atomic E-state index is 12.2. The molecule has 12 heteroatoms. The van der Waals surface area contributed by atoms with E-state index >= 15 is 0 Å². The molecule has 3 atom stereocenters. The van der Waals surface area contributed by atoms with Crippen LogP contribution in [0.4, 0.5) is 0 Å². The van der Waals surface area contributed by atoms with Crippen LogP contribution >= 0.6 is 7.82 Å². The van der Waals surface area contributed by atoms with Gasteiger partial charge in [0, 0.05) is 12.8 Å². The predicted octanol–water partition coefficient (Wildman–Crippen LogP) is 11.0. The number of phosphoric acid groups is 1. The highest BCUT2D eigenvalue weighted by Gasteiger charge is 2.28. The fourth-order valence-electron chi connectivity index (χ4n) is 5.71. The van der Waals surface area contributed by atoms with E-state index in [-0.39, 0.29) is 12.8 Å². The van der Waals surface area contributed by atoms with Gasteiger partial charge in [-0.25, -0.2) is 9.36 Å². The lowest BCUT2D eigenvalue weighted by Crippen LogP contribution is -2.43. The van der Waals surface area contributed by atoms with E-state index in [0.717, 1.165) is 70.6 Å². The minimum absolute atomic E-state index is 0.145. The molecule has 0 aliphatic carbocycles. The molecule has 3 unspecified atom stereocenters. The number of aliphatic carboxylic acids is 1. The number of rotatable bonds is 40. The van der Waals surface area contributed by atoms with E-state index in [2.05, 4.69) is 67.8 Å². The van der Waals surface area contributed by atoms with Gasteiger partial charge in [-0.2, -0.15) is 0 Å².